The lowest BCUT2D eigenvalue weighted by molar-refractivity contribution is 0.720. The molecule has 0 aliphatic carbocycles. The van der Waals surface area contributed by atoms with E-state index in [0.29, 0.717) is 0 Å². The van der Waals surface area contributed by atoms with E-state index in [-0.39, 0.29) is 0 Å². The van der Waals surface area contributed by atoms with E-state index in [1.165, 1.54) is 0 Å². The van der Waals surface area contributed by atoms with Crippen LogP contribution in [0.1, 0.15) is 10.7 Å². The lowest BCUT2D eigenvalue weighted by Gasteiger charge is -2.01. The number of nitrogens with zero attached hydrogens (tertiary/aromatic N) is 4. The molecule has 2 aromatic heterocycles. The van der Waals surface area contributed by atoms with Gasteiger partial charge in [0.05, 0.1) is 12.2 Å². The van der Waals surface area contributed by atoms with Crippen LogP contribution >= 0.6 is 11.3 Å². The molecule has 0 atom stereocenters. The van der Waals surface area contributed by atoms with Crippen LogP contribution in [0.2, 0.25) is 0 Å². The van der Waals surface area contributed by atoms with Gasteiger partial charge in [0, 0.05) is 13.2 Å². The van der Waals surface area contributed by atoms with Crippen molar-refractivity contribution in [3.8, 4) is 0 Å². The molecule has 0 amide bonds. The zero-order valence-electron chi connectivity index (χ0n) is 8.06. The number of anilines is 1. The third-order valence-corrected chi connectivity index (χ3v) is 2.67. The Bertz CT molecular complexity index is 419. The van der Waals surface area contributed by atoms with Gasteiger partial charge >= 0.3 is 0 Å². The van der Waals surface area contributed by atoms with Crippen LogP contribution in [0.25, 0.3) is 0 Å². The van der Waals surface area contributed by atoms with Gasteiger partial charge in [0.15, 0.2) is 0 Å². The number of rotatable bonds is 3. The van der Waals surface area contributed by atoms with E-state index in [9.17, 15) is 0 Å². The molecular formula is C8H11N5S. The molecule has 0 aliphatic heterocycles. The quantitative estimate of drug-likeness (QED) is 0.825. The summed E-state index contributed by atoms with van der Waals surface area (Å²) in [6.45, 7) is 2.66. The summed E-state index contributed by atoms with van der Waals surface area (Å²) in [4.78, 5) is 0. The minimum Gasteiger partial charge on any atom is -0.354 e. The summed E-state index contributed by atoms with van der Waals surface area (Å²) in [5, 5.41) is 17.0. The highest BCUT2D eigenvalue weighted by atomic mass is 32.1. The molecular weight excluding hydrogens is 198 g/mol. The number of nitrogens with one attached hydrogen (secondary N) is 1. The van der Waals surface area contributed by atoms with E-state index in [1.807, 2.05) is 24.7 Å². The lowest BCUT2D eigenvalue weighted by atomic mass is 10.4. The first-order valence-corrected chi connectivity index (χ1v) is 5.08. The van der Waals surface area contributed by atoms with Gasteiger partial charge in [0.1, 0.15) is 5.01 Å². The van der Waals surface area contributed by atoms with E-state index in [4.69, 9.17) is 0 Å². The maximum absolute atomic E-state index is 4.08. The first-order valence-electron chi connectivity index (χ1n) is 4.26. The predicted octanol–water partition coefficient (Wildman–Crippen LogP) is 1.19. The van der Waals surface area contributed by atoms with Crippen molar-refractivity contribution in [2.45, 2.75) is 13.5 Å². The normalized spacial score (nSPS) is 10.4. The Hall–Kier alpha value is -1.43. The summed E-state index contributed by atoms with van der Waals surface area (Å²) in [7, 11) is 1.92. The highest BCUT2D eigenvalue weighted by molar-refractivity contribution is 7.15. The first-order chi connectivity index (χ1) is 6.75. The SMILES string of the molecule is Cc1nnc(NCc2ccnn2C)s1. The van der Waals surface area contributed by atoms with Crippen LogP contribution < -0.4 is 5.32 Å². The summed E-state index contributed by atoms with van der Waals surface area (Å²) in [5.74, 6) is 0. The molecule has 0 aromatic carbocycles. The van der Waals surface area contributed by atoms with Crippen molar-refractivity contribution < 1.29 is 0 Å². The van der Waals surface area contributed by atoms with Crippen molar-refractivity contribution in [3.05, 3.63) is 23.0 Å². The summed E-state index contributed by atoms with van der Waals surface area (Å²) in [6.07, 6.45) is 1.78. The molecule has 5 nitrogen and oxygen atoms in total. The van der Waals surface area contributed by atoms with Gasteiger partial charge in [-0.05, 0) is 13.0 Å². The van der Waals surface area contributed by atoms with Gasteiger partial charge in [0.2, 0.25) is 5.13 Å². The van der Waals surface area contributed by atoms with Crippen molar-refractivity contribution >= 4 is 16.5 Å². The van der Waals surface area contributed by atoms with Crippen LogP contribution in [-0.4, -0.2) is 20.0 Å². The fourth-order valence-corrected chi connectivity index (χ4v) is 1.70. The van der Waals surface area contributed by atoms with Crippen LogP contribution in [0.3, 0.4) is 0 Å². The third kappa shape index (κ3) is 1.90. The molecule has 0 aliphatic rings. The maximum Gasteiger partial charge on any atom is 0.205 e. The van der Waals surface area contributed by atoms with Gasteiger partial charge in [-0.3, -0.25) is 4.68 Å². The Morgan fingerprint density at radius 3 is 2.93 bits per heavy atom. The molecule has 0 saturated heterocycles. The fourth-order valence-electron chi connectivity index (χ4n) is 1.11. The Morgan fingerprint density at radius 1 is 1.50 bits per heavy atom. The monoisotopic (exact) mass is 209 g/mol. The molecule has 2 heterocycles. The second-order valence-electron chi connectivity index (χ2n) is 2.93. The summed E-state index contributed by atoms with van der Waals surface area (Å²) >= 11 is 1.55. The number of hydrogen-bond donors (Lipinski definition) is 1. The van der Waals surface area contributed by atoms with Gasteiger partial charge in [-0.1, -0.05) is 11.3 Å². The van der Waals surface area contributed by atoms with Crippen molar-refractivity contribution in [1.29, 1.82) is 0 Å². The Balaban J connectivity index is 1.98. The molecule has 14 heavy (non-hydrogen) atoms. The molecule has 0 unspecified atom stereocenters. The molecule has 0 saturated carbocycles. The predicted molar refractivity (Wildman–Crippen MR) is 55.2 cm³/mol. The Kier molecular flexibility index (Phi) is 2.45. The number of hydrogen-bond acceptors (Lipinski definition) is 5. The van der Waals surface area contributed by atoms with Crippen LogP contribution in [0.15, 0.2) is 12.3 Å². The molecule has 0 radical (unpaired) electrons. The van der Waals surface area contributed by atoms with Crippen molar-refractivity contribution in [2.24, 2.45) is 7.05 Å². The molecule has 2 aromatic rings. The maximum atomic E-state index is 4.08. The summed E-state index contributed by atoms with van der Waals surface area (Å²) in [5.41, 5.74) is 1.12. The molecule has 0 bridgehead atoms. The van der Waals surface area contributed by atoms with Crippen LogP contribution in [-0.2, 0) is 13.6 Å². The second-order valence-corrected chi connectivity index (χ2v) is 4.11. The lowest BCUT2D eigenvalue weighted by Crippen LogP contribution is -2.05. The van der Waals surface area contributed by atoms with E-state index >= 15 is 0 Å². The zero-order chi connectivity index (χ0) is 9.97. The van der Waals surface area contributed by atoms with E-state index in [0.717, 1.165) is 22.4 Å². The van der Waals surface area contributed by atoms with E-state index < -0.39 is 0 Å². The van der Waals surface area contributed by atoms with Crippen LogP contribution in [0.4, 0.5) is 5.13 Å². The van der Waals surface area contributed by atoms with Gasteiger partial charge < -0.3 is 5.32 Å². The molecule has 2 rings (SSSR count). The molecule has 74 valence electrons. The average molecular weight is 209 g/mol. The topological polar surface area (TPSA) is 55.6 Å². The van der Waals surface area contributed by atoms with E-state index in [2.05, 4.69) is 20.6 Å². The van der Waals surface area contributed by atoms with Gasteiger partial charge in [0.25, 0.3) is 0 Å². The fraction of sp³-hybridized carbons (Fsp3) is 0.375. The van der Waals surface area contributed by atoms with Crippen molar-refractivity contribution in [1.82, 2.24) is 20.0 Å². The Labute approximate surface area is 85.8 Å². The molecule has 6 heteroatoms. The van der Waals surface area contributed by atoms with E-state index in [1.54, 1.807) is 17.5 Å². The smallest absolute Gasteiger partial charge is 0.205 e. The Morgan fingerprint density at radius 2 is 2.36 bits per heavy atom. The highest BCUT2D eigenvalue weighted by Crippen LogP contribution is 2.14. The summed E-state index contributed by atoms with van der Waals surface area (Å²) in [6, 6.07) is 1.97. The highest BCUT2D eigenvalue weighted by Gasteiger charge is 2.01. The van der Waals surface area contributed by atoms with Gasteiger partial charge in [-0.15, -0.1) is 10.2 Å². The molecule has 0 spiro atoms. The van der Waals surface area contributed by atoms with Crippen LogP contribution in [0, 0.1) is 6.92 Å². The standard InChI is InChI=1S/C8H11N5S/c1-6-11-12-8(14-6)9-5-7-3-4-10-13(7)2/h3-4H,5H2,1-2H3,(H,9,12). The molecule has 1 N–H and O–H groups in total. The minimum absolute atomic E-state index is 0.727. The first kappa shape index (κ1) is 9.14. The average Bonchev–Trinajstić information content (AvgIpc) is 2.72. The van der Waals surface area contributed by atoms with Gasteiger partial charge in [-0.2, -0.15) is 5.10 Å². The van der Waals surface area contributed by atoms with Crippen molar-refractivity contribution in [2.75, 3.05) is 5.32 Å². The summed E-state index contributed by atoms with van der Waals surface area (Å²) < 4.78 is 1.83. The third-order valence-electron chi connectivity index (χ3n) is 1.87. The van der Waals surface area contributed by atoms with Gasteiger partial charge in [-0.25, -0.2) is 0 Å². The number of aryl methyl sites for hydroxylation is 2. The zero-order valence-corrected chi connectivity index (χ0v) is 8.88. The van der Waals surface area contributed by atoms with Crippen molar-refractivity contribution in [3.63, 3.8) is 0 Å². The minimum atomic E-state index is 0.727. The van der Waals surface area contributed by atoms with Crippen LogP contribution in [0.5, 0.6) is 0 Å². The largest absolute Gasteiger partial charge is 0.354 e. The number of aromatic nitrogens is 4. The molecule has 0 fully saturated rings. The second kappa shape index (κ2) is 3.75.